The highest BCUT2D eigenvalue weighted by atomic mass is 35.5. The van der Waals surface area contributed by atoms with Crippen molar-refractivity contribution in [1.82, 2.24) is 0 Å². The number of anilines is 1. The third-order valence-electron chi connectivity index (χ3n) is 2.20. The molecule has 1 aromatic rings. The SMILES string of the molecule is O=S1(=O)CCCNc2c(Cl)cccc21. The van der Waals surface area contributed by atoms with Gasteiger partial charge in [-0.3, -0.25) is 0 Å². The second-order valence-corrected chi connectivity index (χ2v) is 5.70. The molecule has 1 heterocycles. The standard InChI is InChI=1S/C9H10ClNO2S/c10-7-3-1-4-8-9(7)11-5-2-6-14(8,12)13/h1,3-4,11H,2,5-6H2. The molecule has 14 heavy (non-hydrogen) atoms. The van der Waals surface area contributed by atoms with Gasteiger partial charge in [0.25, 0.3) is 0 Å². The number of sulfone groups is 1. The molecule has 0 bridgehead atoms. The molecule has 1 aromatic carbocycles. The number of benzene rings is 1. The van der Waals surface area contributed by atoms with Gasteiger partial charge in [-0.2, -0.15) is 0 Å². The zero-order chi connectivity index (χ0) is 10.2. The minimum atomic E-state index is -3.15. The van der Waals surface area contributed by atoms with Crippen molar-refractivity contribution in [3.8, 4) is 0 Å². The van der Waals surface area contributed by atoms with Crippen LogP contribution in [0.1, 0.15) is 6.42 Å². The smallest absolute Gasteiger partial charge is 0.180 e. The highest BCUT2D eigenvalue weighted by Gasteiger charge is 2.22. The first-order valence-corrected chi connectivity index (χ1v) is 6.39. The predicted octanol–water partition coefficient (Wildman–Crippen LogP) is 1.93. The lowest BCUT2D eigenvalue weighted by atomic mass is 10.3. The average Bonchev–Trinajstić information content (AvgIpc) is 2.27. The Morgan fingerprint density at radius 1 is 1.36 bits per heavy atom. The molecule has 3 nitrogen and oxygen atoms in total. The first-order chi connectivity index (χ1) is 6.61. The van der Waals surface area contributed by atoms with Crippen LogP contribution < -0.4 is 5.32 Å². The normalized spacial score (nSPS) is 19.2. The molecular formula is C9H10ClNO2S. The van der Waals surface area contributed by atoms with E-state index in [1.165, 1.54) is 0 Å². The van der Waals surface area contributed by atoms with E-state index < -0.39 is 9.84 Å². The highest BCUT2D eigenvalue weighted by Crippen LogP contribution is 2.31. The van der Waals surface area contributed by atoms with Crippen LogP contribution in [0.5, 0.6) is 0 Å². The molecule has 0 amide bonds. The van der Waals surface area contributed by atoms with Crippen LogP contribution in [0, 0.1) is 0 Å². The van der Waals surface area contributed by atoms with Gasteiger partial charge < -0.3 is 5.32 Å². The van der Waals surface area contributed by atoms with E-state index in [9.17, 15) is 8.42 Å². The van der Waals surface area contributed by atoms with Crippen LogP contribution >= 0.6 is 11.6 Å². The molecule has 0 aromatic heterocycles. The molecule has 0 fully saturated rings. The van der Waals surface area contributed by atoms with Crippen molar-refractivity contribution in [3.05, 3.63) is 23.2 Å². The zero-order valence-corrected chi connectivity index (χ0v) is 9.03. The molecule has 5 heteroatoms. The van der Waals surface area contributed by atoms with Crippen LogP contribution in [0.3, 0.4) is 0 Å². The summed E-state index contributed by atoms with van der Waals surface area (Å²) in [5.41, 5.74) is 0.548. The predicted molar refractivity (Wildman–Crippen MR) is 56.6 cm³/mol. The molecular weight excluding hydrogens is 222 g/mol. The number of halogens is 1. The fourth-order valence-corrected chi connectivity index (χ4v) is 3.34. The molecule has 0 atom stereocenters. The topological polar surface area (TPSA) is 46.2 Å². The fourth-order valence-electron chi connectivity index (χ4n) is 1.52. The summed E-state index contributed by atoms with van der Waals surface area (Å²) < 4.78 is 23.5. The van der Waals surface area contributed by atoms with Crippen molar-refractivity contribution >= 4 is 27.1 Å². The van der Waals surface area contributed by atoms with Crippen molar-refractivity contribution in [2.45, 2.75) is 11.3 Å². The zero-order valence-electron chi connectivity index (χ0n) is 7.46. The molecule has 0 saturated carbocycles. The fraction of sp³-hybridized carbons (Fsp3) is 0.333. The van der Waals surface area contributed by atoms with Gasteiger partial charge in [-0.05, 0) is 18.6 Å². The molecule has 0 aliphatic carbocycles. The van der Waals surface area contributed by atoms with Gasteiger partial charge in [0.15, 0.2) is 9.84 Å². The molecule has 0 radical (unpaired) electrons. The third-order valence-corrected chi connectivity index (χ3v) is 4.35. The van der Waals surface area contributed by atoms with Gasteiger partial charge in [-0.15, -0.1) is 0 Å². The van der Waals surface area contributed by atoms with E-state index in [2.05, 4.69) is 5.32 Å². The molecule has 1 N–H and O–H groups in total. The Morgan fingerprint density at radius 3 is 2.93 bits per heavy atom. The van der Waals surface area contributed by atoms with E-state index in [-0.39, 0.29) is 5.75 Å². The highest BCUT2D eigenvalue weighted by molar-refractivity contribution is 7.91. The summed E-state index contributed by atoms with van der Waals surface area (Å²) in [5, 5.41) is 3.50. The summed E-state index contributed by atoms with van der Waals surface area (Å²) in [4.78, 5) is 0.322. The van der Waals surface area contributed by atoms with Crippen LogP contribution in [0.15, 0.2) is 23.1 Å². The van der Waals surface area contributed by atoms with Gasteiger partial charge in [0.05, 0.1) is 21.4 Å². The van der Waals surface area contributed by atoms with E-state index in [0.29, 0.717) is 28.6 Å². The Morgan fingerprint density at radius 2 is 2.14 bits per heavy atom. The summed E-state index contributed by atoms with van der Waals surface area (Å²) >= 11 is 5.92. The maximum absolute atomic E-state index is 11.7. The summed E-state index contributed by atoms with van der Waals surface area (Å²) in [6.07, 6.45) is 0.618. The second-order valence-electron chi connectivity index (χ2n) is 3.21. The monoisotopic (exact) mass is 231 g/mol. The Hall–Kier alpha value is -0.740. The van der Waals surface area contributed by atoms with Crippen LogP contribution in [0.2, 0.25) is 5.02 Å². The quantitative estimate of drug-likeness (QED) is 0.742. The first kappa shape index (κ1) is 9.80. The number of para-hydroxylation sites is 1. The van der Waals surface area contributed by atoms with Crippen molar-refractivity contribution in [1.29, 1.82) is 0 Å². The molecule has 2 rings (SSSR count). The largest absolute Gasteiger partial charge is 0.383 e. The van der Waals surface area contributed by atoms with E-state index in [1.807, 2.05) is 0 Å². The lowest BCUT2D eigenvalue weighted by Crippen LogP contribution is -2.05. The maximum atomic E-state index is 11.7. The molecule has 76 valence electrons. The van der Waals surface area contributed by atoms with Gasteiger partial charge in [-0.25, -0.2) is 8.42 Å². The minimum Gasteiger partial charge on any atom is -0.383 e. The van der Waals surface area contributed by atoms with Gasteiger partial charge in [0.2, 0.25) is 0 Å². The number of nitrogens with one attached hydrogen (secondary N) is 1. The summed E-state index contributed by atoms with van der Waals surface area (Å²) in [5.74, 6) is 0.188. The van der Waals surface area contributed by atoms with Crippen molar-refractivity contribution in [2.75, 3.05) is 17.6 Å². The van der Waals surface area contributed by atoms with Crippen molar-refractivity contribution in [3.63, 3.8) is 0 Å². The Kier molecular flexibility index (Phi) is 2.41. The summed E-state index contributed by atoms with van der Waals surface area (Å²) in [7, 11) is -3.15. The van der Waals surface area contributed by atoms with Gasteiger partial charge >= 0.3 is 0 Å². The van der Waals surface area contributed by atoms with Gasteiger partial charge in [-0.1, -0.05) is 17.7 Å². The van der Waals surface area contributed by atoms with Gasteiger partial charge in [0.1, 0.15) is 0 Å². The van der Waals surface area contributed by atoms with Crippen LogP contribution in [-0.4, -0.2) is 20.7 Å². The average molecular weight is 232 g/mol. The summed E-state index contributed by atoms with van der Waals surface area (Å²) in [6.45, 7) is 0.649. The molecule has 1 aliphatic heterocycles. The van der Waals surface area contributed by atoms with Crippen molar-refractivity contribution in [2.24, 2.45) is 0 Å². The first-order valence-electron chi connectivity index (χ1n) is 4.36. The van der Waals surface area contributed by atoms with Crippen LogP contribution in [-0.2, 0) is 9.84 Å². The molecule has 0 unspecified atom stereocenters. The van der Waals surface area contributed by atoms with Crippen molar-refractivity contribution < 1.29 is 8.42 Å². The Balaban J connectivity index is 2.68. The summed E-state index contributed by atoms with van der Waals surface area (Å²) in [6, 6.07) is 4.94. The van der Waals surface area contributed by atoms with E-state index in [4.69, 9.17) is 11.6 Å². The van der Waals surface area contributed by atoms with Crippen LogP contribution in [0.25, 0.3) is 0 Å². The van der Waals surface area contributed by atoms with E-state index >= 15 is 0 Å². The van der Waals surface area contributed by atoms with E-state index in [1.54, 1.807) is 18.2 Å². The number of hydrogen-bond acceptors (Lipinski definition) is 3. The van der Waals surface area contributed by atoms with E-state index in [0.717, 1.165) is 0 Å². The number of hydrogen-bond donors (Lipinski definition) is 1. The lowest BCUT2D eigenvalue weighted by molar-refractivity contribution is 0.596. The number of fused-ring (bicyclic) bond motifs is 1. The second kappa shape index (κ2) is 3.44. The Bertz CT molecular complexity index is 456. The van der Waals surface area contributed by atoms with Crippen LogP contribution in [0.4, 0.5) is 5.69 Å². The Labute approximate surface area is 88.0 Å². The minimum absolute atomic E-state index is 0.188. The third kappa shape index (κ3) is 1.60. The lowest BCUT2D eigenvalue weighted by Gasteiger charge is -2.08. The molecule has 0 spiro atoms. The van der Waals surface area contributed by atoms with Gasteiger partial charge in [0, 0.05) is 6.54 Å². The molecule has 0 saturated heterocycles. The number of rotatable bonds is 0. The maximum Gasteiger partial charge on any atom is 0.180 e. The molecule has 1 aliphatic rings.